The average Bonchev–Trinajstić information content (AvgIpc) is 2.84. The molecule has 2 aliphatic carbocycles. The van der Waals surface area contributed by atoms with Gasteiger partial charge in [-0.15, -0.1) is 10.2 Å². The number of carbonyl (C=O) groups is 2. The Hall–Kier alpha value is -2.21. The van der Waals surface area contributed by atoms with Crippen molar-refractivity contribution < 1.29 is 19.4 Å². The van der Waals surface area contributed by atoms with Crippen LogP contribution in [0.2, 0.25) is 5.02 Å². The lowest BCUT2D eigenvalue weighted by Crippen LogP contribution is -2.21. The number of amides is 1. The van der Waals surface area contributed by atoms with Gasteiger partial charge in [-0.2, -0.15) is 0 Å². The summed E-state index contributed by atoms with van der Waals surface area (Å²) >= 11 is 5.86. The van der Waals surface area contributed by atoms with Crippen molar-refractivity contribution in [3.05, 3.63) is 40.2 Å². The number of hydrogen-bond acceptors (Lipinski definition) is 5. The van der Waals surface area contributed by atoms with E-state index in [0.717, 1.165) is 31.2 Å². The van der Waals surface area contributed by atoms with Crippen LogP contribution in [0.5, 0.6) is 5.75 Å². The zero-order valence-electron chi connectivity index (χ0n) is 13.9. The number of aryl methyl sites for hydroxylation is 1. The SMILES string of the molecule is Cc1cc(Cl)ccc1OCC(=O)N=NC1=C(O)C2CCCCC2C1=O. The van der Waals surface area contributed by atoms with Gasteiger partial charge >= 0.3 is 5.91 Å². The van der Waals surface area contributed by atoms with Crippen molar-refractivity contribution in [3.63, 3.8) is 0 Å². The van der Waals surface area contributed by atoms with E-state index in [-0.39, 0.29) is 35.7 Å². The summed E-state index contributed by atoms with van der Waals surface area (Å²) in [5, 5.41) is 18.0. The van der Waals surface area contributed by atoms with E-state index in [9.17, 15) is 14.7 Å². The lowest BCUT2D eigenvalue weighted by molar-refractivity contribution is -0.120. The molecule has 1 aromatic carbocycles. The van der Waals surface area contributed by atoms with E-state index < -0.39 is 5.91 Å². The van der Waals surface area contributed by atoms with Gasteiger partial charge in [0.25, 0.3) is 0 Å². The van der Waals surface area contributed by atoms with Gasteiger partial charge in [0.1, 0.15) is 11.5 Å². The molecule has 3 rings (SSSR count). The third kappa shape index (κ3) is 3.74. The summed E-state index contributed by atoms with van der Waals surface area (Å²) in [6.45, 7) is 1.51. The average molecular weight is 363 g/mol. The van der Waals surface area contributed by atoms with Crippen molar-refractivity contribution in [1.82, 2.24) is 0 Å². The highest BCUT2D eigenvalue weighted by Gasteiger charge is 2.43. The third-order valence-electron chi connectivity index (χ3n) is 4.68. The fourth-order valence-electron chi connectivity index (χ4n) is 3.40. The molecule has 1 amide bonds. The first-order chi connectivity index (χ1) is 12.0. The Morgan fingerprint density at radius 2 is 2.04 bits per heavy atom. The highest BCUT2D eigenvalue weighted by molar-refractivity contribution is 6.30. The normalized spacial score (nSPS) is 23.2. The number of benzene rings is 1. The van der Waals surface area contributed by atoms with Crippen molar-refractivity contribution >= 4 is 23.3 Å². The van der Waals surface area contributed by atoms with E-state index in [1.807, 2.05) is 6.92 Å². The number of hydrogen-bond donors (Lipinski definition) is 1. The molecule has 0 heterocycles. The number of aliphatic hydroxyl groups is 1. The van der Waals surface area contributed by atoms with E-state index in [2.05, 4.69) is 10.2 Å². The summed E-state index contributed by atoms with van der Waals surface area (Å²) in [5.74, 6) is -0.728. The van der Waals surface area contributed by atoms with Gasteiger partial charge < -0.3 is 9.84 Å². The summed E-state index contributed by atoms with van der Waals surface area (Å²) in [6, 6.07) is 5.06. The number of aliphatic hydroxyl groups excluding tert-OH is 1. The number of nitrogens with zero attached hydrogens (tertiary/aromatic N) is 2. The number of Topliss-reactive ketones (excluding diaryl/α,β-unsaturated/α-hetero) is 1. The number of allylic oxidation sites excluding steroid dienone is 2. The molecule has 7 heteroatoms. The topological polar surface area (TPSA) is 88.3 Å². The third-order valence-corrected chi connectivity index (χ3v) is 4.91. The second kappa shape index (κ2) is 7.35. The number of rotatable bonds is 4. The van der Waals surface area contributed by atoms with Gasteiger partial charge in [-0.3, -0.25) is 9.59 Å². The molecule has 1 saturated carbocycles. The molecule has 1 fully saturated rings. The Morgan fingerprint density at radius 3 is 2.72 bits per heavy atom. The van der Waals surface area contributed by atoms with Gasteiger partial charge in [0.05, 0.1) is 0 Å². The fraction of sp³-hybridized carbons (Fsp3) is 0.444. The molecular weight excluding hydrogens is 344 g/mol. The van der Waals surface area contributed by atoms with Gasteiger partial charge in [-0.1, -0.05) is 24.4 Å². The van der Waals surface area contributed by atoms with Crippen molar-refractivity contribution in [1.29, 1.82) is 0 Å². The number of carbonyl (C=O) groups excluding carboxylic acids is 2. The van der Waals surface area contributed by atoms with Crippen LogP contribution in [0, 0.1) is 18.8 Å². The van der Waals surface area contributed by atoms with Gasteiger partial charge in [-0.25, -0.2) is 0 Å². The summed E-state index contributed by atoms with van der Waals surface area (Å²) in [5.41, 5.74) is 0.723. The first-order valence-electron chi connectivity index (χ1n) is 8.28. The largest absolute Gasteiger partial charge is 0.510 e. The minimum absolute atomic E-state index is 0.0271. The van der Waals surface area contributed by atoms with Gasteiger partial charge in [0, 0.05) is 16.9 Å². The summed E-state index contributed by atoms with van der Waals surface area (Å²) < 4.78 is 5.39. The number of ether oxygens (including phenoxy) is 1. The van der Waals surface area contributed by atoms with Gasteiger partial charge in [0.2, 0.25) is 0 Å². The quantitative estimate of drug-likeness (QED) is 0.814. The molecule has 132 valence electrons. The number of ketones is 1. The Bertz CT molecular complexity index is 772. The highest BCUT2D eigenvalue weighted by atomic mass is 35.5. The monoisotopic (exact) mass is 362 g/mol. The molecule has 0 aliphatic heterocycles. The molecule has 0 radical (unpaired) electrons. The molecule has 0 spiro atoms. The maximum atomic E-state index is 12.3. The van der Waals surface area contributed by atoms with E-state index in [4.69, 9.17) is 16.3 Å². The summed E-state index contributed by atoms with van der Waals surface area (Å²) in [6.07, 6.45) is 3.47. The molecule has 0 aromatic heterocycles. The van der Waals surface area contributed by atoms with Gasteiger partial charge in [-0.05, 0) is 43.5 Å². The van der Waals surface area contributed by atoms with E-state index >= 15 is 0 Å². The molecule has 1 N–H and O–H groups in total. The van der Waals surface area contributed by atoms with Crippen molar-refractivity contribution in [2.24, 2.45) is 22.1 Å². The zero-order valence-corrected chi connectivity index (χ0v) is 14.6. The Morgan fingerprint density at radius 1 is 1.32 bits per heavy atom. The van der Waals surface area contributed by atoms with Crippen LogP contribution in [0.3, 0.4) is 0 Å². The standard InChI is InChI=1S/C18H19ClN2O4/c1-10-8-11(19)6-7-14(10)25-9-15(22)20-21-16-17(23)12-4-2-3-5-13(12)18(16)24/h6-8,12-13,23H,2-5,9H2,1H3. The van der Waals surface area contributed by atoms with Crippen LogP contribution in [0.25, 0.3) is 0 Å². The van der Waals surface area contributed by atoms with Gasteiger partial charge in [0.15, 0.2) is 18.1 Å². The number of halogens is 1. The van der Waals surface area contributed by atoms with Crippen LogP contribution >= 0.6 is 11.6 Å². The second-order valence-corrected chi connectivity index (χ2v) is 6.82. The first-order valence-corrected chi connectivity index (χ1v) is 8.66. The summed E-state index contributed by atoms with van der Waals surface area (Å²) in [4.78, 5) is 24.1. The fourth-order valence-corrected chi connectivity index (χ4v) is 3.63. The molecular formula is C18H19ClN2O4. The molecule has 2 atom stereocenters. The Kier molecular flexibility index (Phi) is 5.18. The molecule has 6 nitrogen and oxygen atoms in total. The van der Waals surface area contributed by atoms with Crippen LogP contribution < -0.4 is 4.74 Å². The van der Waals surface area contributed by atoms with E-state index in [1.165, 1.54) is 0 Å². The molecule has 1 aromatic rings. The predicted molar refractivity (Wildman–Crippen MR) is 91.7 cm³/mol. The lowest BCUT2D eigenvalue weighted by Gasteiger charge is -2.23. The summed E-state index contributed by atoms with van der Waals surface area (Å²) in [7, 11) is 0. The van der Waals surface area contributed by atoms with Crippen molar-refractivity contribution in [3.8, 4) is 5.75 Å². The minimum atomic E-state index is -0.627. The predicted octanol–water partition coefficient (Wildman–Crippen LogP) is 4.16. The molecule has 25 heavy (non-hydrogen) atoms. The van der Waals surface area contributed by atoms with Crippen LogP contribution in [0.1, 0.15) is 31.2 Å². The Labute approximate surface area is 150 Å². The molecule has 0 saturated heterocycles. The molecule has 2 aliphatic rings. The van der Waals surface area contributed by atoms with E-state index in [1.54, 1.807) is 18.2 Å². The van der Waals surface area contributed by atoms with E-state index in [0.29, 0.717) is 10.8 Å². The van der Waals surface area contributed by atoms with Crippen molar-refractivity contribution in [2.45, 2.75) is 32.6 Å². The maximum Gasteiger partial charge on any atom is 0.302 e. The lowest BCUT2D eigenvalue weighted by atomic mass is 9.80. The number of azo groups is 1. The highest BCUT2D eigenvalue weighted by Crippen LogP contribution is 2.42. The van der Waals surface area contributed by atoms with Crippen LogP contribution in [0.15, 0.2) is 39.9 Å². The zero-order chi connectivity index (χ0) is 18.0. The first kappa shape index (κ1) is 17.6. The number of fused-ring (bicyclic) bond motifs is 1. The maximum absolute atomic E-state index is 12.3. The second-order valence-electron chi connectivity index (χ2n) is 6.39. The Balaban J connectivity index is 1.62. The van der Waals surface area contributed by atoms with Crippen LogP contribution in [-0.4, -0.2) is 23.4 Å². The van der Waals surface area contributed by atoms with Crippen LogP contribution in [-0.2, 0) is 9.59 Å². The van der Waals surface area contributed by atoms with Crippen LogP contribution in [0.4, 0.5) is 0 Å². The smallest absolute Gasteiger partial charge is 0.302 e. The minimum Gasteiger partial charge on any atom is -0.510 e. The molecule has 2 unspecified atom stereocenters. The molecule has 0 bridgehead atoms. The van der Waals surface area contributed by atoms with Crippen molar-refractivity contribution in [2.75, 3.05) is 6.61 Å².